The van der Waals surface area contributed by atoms with Crippen LogP contribution in [0.1, 0.15) is 29.7 Å². The maximum atomic E-state index is 5.64. The summed E-state index contributed by atoms with van der Waals surface area (Å²) in [6.45, 7) is 6.35. The van der Waals surface area contributed by atoms with Gasteiger partial charge in [-0.2, -0.15) is 5.10 Å². The molecule has 0 N–H and O–H groups in total. The van der Waals surface area contributed by atoms with Gasteiger partial charge in [0.1, 0.15) is 0 Å². The van der Waals surface area contributed by atoms with Crippen LogP contribution < -0.4 is 0 Å². The first-order chi connectivity index (χ1) is 9.76. The Morgan fingerprint density at radius 3 is 3.15 bits per heavy atom. The van der Waals surface area contributed by atoms with Gasteiger partial charge in [-0.25, -0.2) is 0 Å². The van der Waals surface area contributed by atoms with Crippen LogP contribution in [0.4, 0.5) is 0 Å². The highest BCUT2D eigenvalue weighted by Gasteiger charge is 2.28. The molecule has 0 aliphatic carbocycles. The predicted octanol–water partition coefficient (Wildman–Crippen LogP) is 2.15. The van der Waals surface area contributed by atoms with Crippen molar-refractivity contribution < 1.29 is 9.15 Å². The molecule has 5 nitrogen and oxygen atoms in total. The molecule has 20 heavy (non-hydrogen) atoms. The first-order valence-corrected chi connectivity index (χ1v) is 7.10. The number of ether oxygens (including phenoxy) is 1. The van der Waals surface area contributed by atoms with Gasteiger partial charge in [-0.1, -0.05) is 0 Å². The maximum absolute atomic E-state index is 5.64. The van der Waals surface area contributed by atoms with Crippen molar-refractivity contribution in [3.8, 4) is 0 Å². The lowest BCUT2D eigenvalue weighted by atomic mass is 9.95. The first-order valence-electron chi connectivity index (χ1n) is 7.10. The summed E-state index contributed by atoms with van der Waals surface area (Å²) in [7, 11) is 1.98. The predicted molar refractivity (Wildman–Crippen MR) is 75.3 cm³/mol. The van der Waals surface area contributed by atoms with Crippen LogP contribution in [0, 0.1) is 0 Å². The van der Waals surface area contributed by atoms with Crippen molar-refractivity contribution in [2.75, 3.05) is 19.8 Å². The summed E-state index contributed by atoms with van der Waals surface area (Å²) in [5.74, 6) is 0.402. The minimum atomic E-state index is 0.402. The Balaban J connectivity index is 1.76. The molecular weight excluding hydrogens is 254 g/mol. The molecule has 2 aromatic heterocycles. The fourth-order valence-electron chi connectivity index (χ4n) is 2.87. The second-order valence-corrected chi connectivity index (χ2v) is 5.36. The zero-order valence-electron chi connectivity index (χ0n) is 12.1. The minimum Gasteiger partial charge on any atom is -0.472 e. The van der Waals surface area contributed by atoms with Crippen LogP contribution in [-0.4, -0.2) is 34.4 Å². The van der Waals surface area contributed by atoms with Gasteiger partial charge in [0.15, 0.2) is 0 Å². The quantitative estimate of drug-likeness (QED) is 0.838. The summed E-state index contributed by atoms with van der Waals surface area (Å²) in [5, 5.41) is 4.59. The monoisotopic (exact) mass is 275 g/mol. The number of furan rings is 1. The molecule has 0 saturated carbocycles. The molecule has 1 atom stereocenters. The summed E-state index contributed by atoms with van der Waals surface area (Å²) in [6, 6.07) is 2.02. The van der Waals surface area contributed by atoms with Crippen LogP contribution >= 0.6 is 0 Å². The number of hydrogen-bond donors (Lipinski definition) is 0. The van der Waals surface area contributed by atoms with Crippen molar-refractivity contribution in [3.63, 3.8) is 0 Å². The van der Waals surface area contributed by atoms with Crippen LogP contribution in [0.3, 0.4) is 0 Å². The molecule has 2 aromatic rings. The van der Waals surface area contributed by atoms with Crippen LogP contribution in [-0.2, 0) is 24.9 Å². The van der Waals surface area contributed by atoms with Crippen LogP contribution in [0.5, 0.6) is 0 Å². The second kappa shape index (κ2) is 5.81. The van der Waals surface area contributed by atoms with E-state index in [1.54, 1.807) is 6.26 Å². The lowest BCUT2D eigenvalue weighted by molar-refractivity contribution is 0.105. The van der Waals surface area contributed by atoms with Crippen molar-refractivity contribution in [3.05, 3.63) is 41.6 Å². The highest BCUT2D eigenvalue weighted by Crippen LogP contribution is 2.28. The Hall–Kier alpha value is -1.59. The van der Waals surface area contributed by atoms with E-state index in [9.17, 15) is 0 Å². The topological polar surface area (TPSA) is 43.4 Å². The SMILES string of the molecule is CCOC[C@H]1CN(Cc2ccoc2)Cc2nn(C)cc21. The zero-order valence-corrected chi connectivity index (χ0v) is 12.1. The van der Waals surface area contributed by atoms with E-state index in [2.05, 4.69) is 16.2 Å². The largest absolute Gasteiger partial charge is 0.472 e. The first kappa shape index (κ1) is 13.4. The van der Waals surface area contributed by atoms with E-state index in [1.165, 1.54) is 16.8 Å². The Morgan fingerprint density at radius 2 is 2.40 bits per heavy atom. The summed E-state index contributed by atoms with van der Waals surface area (Å²) >= 11 is 0. The van der Waals surface area contributed by atoms with E-state index in [0.29, 0.717) is 5.92 Å². The molecule has 0 amide bonds. The van der Waals surface area contributed by atoms with Crippen LogP contribution in [0.15, 0.2) is 29.2 Å². The van der Waals surface area contributed by atoms with E-state index in [4.69, 9.17) is 9.15 Å². The average molecular weight is 275 g/mol. The summed E-state index contributed by atoms with van der Waals surface area (Å²) < 4.78 is 12.7. The number of aromatic nitrogens is 2. The van der Waals surface area contributed by atoms with Gasteiger partial charge in [-0.3, -0.25) is 9.58 Å². The molecule has 0 aromatic carbocycles. The highest BCUT2D eigenvalue weighted by molar-refractivity contribution is 5.25. The normalized spacial score (nSPS) is 19.2. The third kappa shape index (κ3) is 2.78. The van der Waals surface area contributed by atoms with Crippen molar-refractivity contribution in [2.24, 2.45) is 7.05 Å². The van der Waals surface area contributed by atoms with E-state index >= 15 is 0 Å². The van der Waals surface area contributed by atoms with E-state index in [-0.39, 0.29) is 0 Å². The average Bonchev–Trinajstić information content (AvgIpc) is 3.04. The molecule has 5 heteroatoms. The van der Waals surface area contributed by atoms with Gasteiger partial charge in [0.05, 0.1) is 24.8 Å². The molecule has 1 aliphatic rings. The molecule has 0 bridgehead atoms. The Labute approximate surface area is 119 Å². The second-order valence-electron chi connectivity index (χ2n) is 5.36. The third-order valence-electron chi connectivity index (χ3n) is 3.74. The Kier molecular flexibility index (Phi) is 3.89. The standard InChI is InChI=1S/C15H21N3O2/c1-3-19-11-13-7-18(6-12-4-5-20-10-12)9-15-14(13)8-17(2)16-15/h4-5,8,10,13H,3,6-7,9,11H2,1-2H3/t13-/m1/s1. The molecule has 0 fully saturated rings. The Morgan fingerprint density at radius 1 is 1.50 bits per heavy atom. The minimum absolute atomic E-state index is 0.402. The van der Waals surface area contributed by atoms with Crippen LogP contribution in [0.25, 0.3) is 0 Å². The molecule has 108 valence electrons. The fourth-order valence-corrected chi connectivity index (χ4v) is 2.87. The van der Waals surface area contributed by atoms with E-state index < -0.39 is 0 Å². The molecule has 1 aliphatic heterocycles. The van der Waals surface area contributed by atoms with Gasteiger partial charge in [0.2, 0.25) is 0 Å². The fraction of sp³-hybridized carbons (Fsp3) is 0.533. The van der Waals surface area contributed by atoms with Gasteiger partial charge < -0.3 is 9.15 Å². The summed E-state index contributed by atoms with van der Waals surface area (Å²) in [4.78, 5) is 2.41. The van der Waals surface area contributed by atoms with E-state index in [0.717, 1.165) is 32.8 Å². The summed E-state index contributed by atoms with van der Waals surface area (Å²) in [6.07, 6.45) is 5.67. The number of aryl methyl sites for hydroxylation is 1. The van der Waals surface area contributed by atoms with Gasteiger partial charge >= 0.3 is 0 Å². The molecular formula is C15H21N3O2. The summed E-state index contributed by atoms with van der Waals surface area (Å²) in [5.41, 5.74) is 3.72. The van der Waals surface area contributed by atoms with Gasteiger partial charge in [-0.15, -0.1) is 0 Å². The number of nitrogens with zero attached hydrogens (tertiary/aromatic N) is 3. The molecule has 0 radical (unpaired) electrons. The lowest BCUT2D eigenvalue weighted by Gasteiger charge is -2.31. The molecule has 3 heterocycles. The smallest absolute Gasteiger partial charge is 0.0947 e. The number of rotatable bonds is 5. The molecule has 0 spiro atoms. The Bertz CT molecular complexity index is 547. The zero-order chi connectivity index (χ0) is 13.9. The van der Waals surface area contributed by atoms with Gasteiger partial charge in [0.25, 0.3) is 0 Å². The highest BCUT2D eigenvalue weighted by atomic mass is 16.5. The maximum Gasteiger partial charge on any atom is 0.0947 e. The van der Waals surface area contributed by atoms with Gasteiger partial charge in [0, 0.05) is 56.5 Å². The molecule has 3 rings (SSSR count). The molecule has 0 saturated heterocycles. The van der Waals surface area contributed by atoms with Crippen molar-refractivity contribution in [1.29, 1.82) is 0 Å². The number of hydrogen-bond acceptors (Lipinski definition) is 4. The lowest BCUT2D eigenvalue weighted by Crippen LogP contribution is -2.34. The third-order valence-corrected chi connectivity index (χ3v) is 3.74. The molecule has 0 unspecified atom stereocenters. The van der Waals surface area contributed by atoms with E-state index in [1.807, 2.05) is 31.0 Å². The number of fused-ring (bicyclic) bond motifs is 1. The van der Waals surface area contributed by atoms with Gasteiger partial charge in [-0.05, 0) is 13.0 Å². The van der Waals surface area contributed by atoms with Crippen molar-refractivity contribution in [1.82, 2.24) is 14.7 Å². The van der Waals surface area contributed by atoms with Crippen molar-refractivity contribution in [2.45, 2.75) is 25.9 Å². The van der Waals surface area contributed by atoms with Crippen molar-refractivity contribution >= 4 is 0 Å². The van der Waals surface area contributed by atoms with Crippen LogP contribution in [0.2, 0.25) is 0 Å².